The first-order valence-electron chi connectivity index (χ1n) is 11.7. The molecule has 168 valence electrons. The molecule has 33 heavy (non-hydrogen) atoms. The highest BCUT2D eigenvalue weighted by molar-refractivity contribution is 7.12. The van der Waals surface area contributed by atoms with E-state index in [1.807, 2.05) is 29.1 Å². The Hall–Kier alpha value is -2.80. The molecular weight excluding hydrogens is 428 g/mol. The van der Waals surface area contributed by atoms with Gasteiger partial charge in [0.2, 0.25) is 0 Å². The Balaban J connectivity index is 1.24. The van der Waals surface area contributed by atoms with Crippen LogP contribution in [0.25, 0.3) is 22.5 Å². The number of thiophene rings is 1. The molecule has 2 aromatic carbocycles. The molecule has 6 rings (SSSR count). The number of fused-ring (bicyclic) bond motifs is 2. The highest BCUT2D eigenvalue weighted by atomic mass is 32.1. The third-order valence-corrected chi connectivity index (χ3v) is 8.19. The molecule has 0 aliphatic carbocycles. The SMILES string of the molecule is Cn1nc(Cc2cc3c(s2)C2(CCNCC2)OCC3)nc1-c1ccc(-c2ccccc2)cc1. The molecule has 1 N–H and O–H groups in total. The summed E-state index contributed by atoms with van der Waals surface area (Å²) in [5.41, 5.74) is 4.91. The minimum absolute atomic E-state index is 0.0784. The summed E-state index contributed by atoms with van der Waals surface area (Å²) < 4.78 is 8.25. The van der Waals surface area contributed by atoms with Crippen LogP contribution in [0, 0.1) is 0 Å². The lowest BCUT2D eigenvalue weighted by Gasteiger charge is -2.40. The second kappa shape index (κ2) is 8.52. The zero-order chi connectivity index (χ0) is 22.3. The summed E-state index contributed by atoms with van der Waals surface area (Å²) in [6, 6.07) is 21.4. The van der Waals surface area contributed by atoms with Crippen LogP contribution in [0.4, 0.5) is 0 Å². The van der Waals surface area contributed by atoms with Crippen molar-refractivity contribution >= 4 is 11.3 Å². The summed E-state index contributed by atoms with van der Waals surface area (Å²) in [4.78, 5) is 7.68. The molecular formula is C27H28N4OS. The van der Waals surface area contributed by atoms with Crippen LogP contribution < -0.4 is 5.32 Å². The van der Waals surface area contributed by atoms with Crippen molar-refractivity contribution in [1.82, 2.24) is 20.1 Å². The first kappa shape index (κ1) is 20.8. The molecule has 4 aromatic rings. The molecule has 5 nitrogen and oxygen atoms in total. The minimum atomic E-state index is -0.0784. The van der Waals surface area contributed by atoms with Gasteiger partial charge in [0.15, 0.2) is 11.6 Å². The average Bonchev–Trinajstić information content (AvgIpc) is 3.44. The van der Waals surface area contributed by atoms with Crippen LogP contribution in [0.1, 0.15) is 34.0 Å². The molecule has 0 atom stereocenters. The molecule has 0 bridgehead atoms. The predicted octanol–water partition coefficient (Wildman–Crippen LogP) is 4.95. The van der Waals surface area contributed by atoms with Crippen molar-refractivity contribution in [3.05, 3.63) is 81.8 Å². The van der Waals surface area contributed by atoms with Crippen LogP contribution in [0.15, 0.2) is 60.7 Å². The normalized spacial score (nSPS) is 17.2. The summed E-state index contributed by atoms with van der Waals surface area (Å²) >= 11 is 1.90. The quantitative estimate of drug-likeness (QED) is 0.472. The van der Waals surface area contributed by atoms with Crippen LogP contribution in [-0.2, 0) is 30.2 Å². The second-order valence-corrected chi connectivity index (χ2v) is 10.1. The number of nitrogens with zero attached hydrogens (tertiary/aromatic N) is 3. The minimum Gasteiger partial charge on any atom is -0.369 e. The molecule has 2 aliphatic rings. The molecule has 2 aliphatic heterocycles. The molecule has 1 saturated heterocycles. The largest absolute Gasteiger partial charge is 0.369 e. The first-order valence-corrected chi connectivity index (χ1v) is 12.5. The number of hydrogen-bond acceptors (Lipinski definition) is 5. The van der Waals surface area contributed by atoms with Crippen LogP contribution in [0.2, 0.25) is 0 Å². The summed E-state index contributed by atoms with van der Waals surface area (Å²) in [7, 11) is 1.98. The molecule has 0 radical (unpaired) electrons. The molecule has 2 aromatic heterocycles. The van der Waals surface area contributed by atoms with Gasteiger partial charge in [0.1, 0.15) is 5.60 Å². The monoisotopic (exact) mass is 456 g/mol. The summed E-state index contributed by atoms with van der Waals surface area (Å²) in [5.74, 6) is 1.78. The smallest absolute Gasteiger partial charge is 0.158 e. The Morgan fingerprint density at radius 2 is 1.73 bits per heavy atom. The number of aryl methyl sites for hydroxylation is 1. The molecule has 0 amide bonds. The van der Waals surface area contributed by atoms with Gasteiger partial charge >= 0.3 is 0 Å². The summed E-state index contributed by atoms with van der Waals surface area (Å²) in [6.45, 7) is 2.88. The van der Waals surface area contributed by atoms with Crippen molar-refractivity contribution in [1.29, 1.82) is 0 Å². The first-order chi connectivity index (χ1) is 16.2. The van der Waals surface area contributed by atoms with Gasteiger partial charge in [-0.05, 0) is 55.1 Å². The Morgan fingerprint density at radius 3 is 2.52 bits per heavy atom. The van der Waals surface area contributed by atoms with Crippen molar-refractivity contribution in [3.8, 4) is 22.5 Å². The van der Waals surface area contributed by atoms with Gasteiger partial charge in [0.25, 0.3) is 0 Å². The van der Waals surface area contributed by atoms with Crippen LogP contribution in [-0.4, -0.2) is 34.5 Å². The Labute approximate surface area is 198 Å². The predicted molar refractivity (Wildman–Crippen MR) is 132 cm³/mol. The zero-order valence-corrected chi connectivity index (χ0v) is 19.7. The third kappa shape index (κ3) is 3.92. The number of benzene rings is 2. The highest BCUT2D eigenvalue weighted by Crippen LogP contribution is 2.44. The Morgan fingerprint density at radius 1 is 1.00 bits per heavy atom. The average molecular weight is 457 g/mol. The molecule has 0 unspecified atom stereocenters. The number of nitrogens with one attached hydrogen (secondary N) is 1. The topological polar surface area (TPSA) is 52.0 Å². The zero-order valence-electron chi connectivity index (χ0n) is 18.9. The third-order valence-electron chi connectivity index (χ3n) is 6.82. The summed E-state index contributed by atoms with van der Waals surface area (Å²) in [5, 5.41) is 8.22. The van der Waals surface area contributed by atoms with E-state index in [0.29, 0.717) is 0 Å². The second-order valence-electron chi connectivity index (χ2n) is 9.01. The van der Waals surface area contributed by atoms with Crippen molar-refractivity contribution < 1.29 is 4.74 Å². The van der Waals surface area contributed by atoms with Crippen molar-refractivity contribution in [2.45, 2.75) is 31.3 Å². The fraction of sp³-hybridized carbons (Fsp3) is 0.333. The van der Waals surface area contributed by atoms with Crippen molar-refractivity contribution in [2.24, 2.45) is 7.05 Å². The maximum absolute atomic E-state index is 6.35. The van der Waals surface area contributed by atoms with Crippen molar-refractivity contribution in [2.75, 3.05) is 19.7 Å². The van der Waals surface area contributed by atoms with E-state index in [2.05, 4.69) is 59.9 Å². The van der Waals surface area contributed by atoms with Gasteiger partial charge in [-0.3, -0.25) is 0 Å². The van der Waals surface area contributed by atoms with Gasteiger partial charge in [-0.1, -0.05) is 54.6 Å². The van der Waals surface area contributed by atoms with Crippen LogP contribution in [0.5, 0.6) is 0 Å². The Bertz CT molecular complexity index is 1250. The van der Waals surface area contributed by atoms with E-state index in [1.54, 1.807) is 0 Å². The standard InChI is InChI=1S/C27H28N4OS/c1-31-26(21-9-7-20(8-10-21)19-5-3-2-4-6-19)29-24(30-31)18-23-17-22-11-16-32-27(25(22)33-23)12-14-28-15-13-27/h2-10,17,28H,11-16,18H2,1H3. The lowest BCUT2D eigenvalue weighted by atomic mass is 9.86. The molecule has 1 spiro atoms. The number of hydrogen-bond donors (Lipinski definition) is 1. The van der Waals surface area contributed by atoms with E-state index in [9.17, 15) is 0 Å². The van der Waals surface area contributed by atoms with Crippen LogP contribution in [0.3, 0.4) is 0 Å². The van der Waals surface area contributed by atoms with Gasteiger partial charge < -0.3 is 10.1 Å². The number of rotatable bonds is 4. The Kier molecular flexibility index (Phi) is 5.37. The maximum Gasteiger partial charge on any atom is 0.158 e. The number of ether oxygens (including phenoxy) is 1. The molecule has 1 fully saturated rings. The lowest BCUT2D eigenvalue weighted by Crippen LogP contribution is -2.43. The van der Waals surface area contributed by atoms with Gasteiger partial charge in [0.05, 0.1) is 6.61 Å². The molecule has 4 heterocycles. The lowest BCUT2D eigenvalue weighted by molar-refractivity contribution is -0.0771. The van der Waals surface area contributed by atoms with E-state index in [0.717, 1.165) is 62.6 Å². The van der Waals surface area contributed by atoms with Gasteiger partial charge in [-0.15, -0.1) is 11.3 Å². The van der Waals surface area contributed by atoms with Crippen molar-refractivity contribution in [3.63, 3.8) is 0 Å². The fourth-order valence-corrected chi connectivity index (χ4v) is 6.54. The van der Waals surface area contributed by atoms with Gasteiger partial charge in [-0.25, -0.2) is 9.67 Å². The molecule has 6 heteroatoms. The van der Waals surface area contributed by atoms with E-state index in [4.69, 9.17) is 14.8 Å². The van der Waals surface area contributed by atoms with E-state index < -0.39 is 0 Å². The van der Waals surface area contributed by atoms with E-state index in [-0.39, 0.29) is 5.60 Å². The molecule has 0 saturated carbocycles. The van der Waals surface area contributed by atoms with Crippen LogP contribution >= 0.6 is 11.3 Å². The summed E-state index contributed by atoms with van der Waals surface area (Å²) in [6.07, 6.45) is 3.90. The van der Waals surface area contributed by atoms with Gasteiger partial charge in [-0.2, -0.15) is 5.10 Å². The highest BCUT2D eigenvalue weighted by Gasteiger charge is 2.40. The number of aromatic nitrogens is 3. The maximum atomic E-state index is 6.35. The van der Waals surface area contributed by atoms with E-state index >= 15 is 0 Å². The number of piperidine rings is 1. The fourth-order valence-electron chi connectivity index (χ4n) is 5.13. The van der Waals surface area contributed by atoms with Gasteiger partial charge in [0, 0.05) is 28.8 Å². The van der Waals surface area contributed by atoms with E-state index in [1.165, 1.54) is 26.4 Å².